The zero-order valence-corrected chi connectivity index (χ0v) is 6.60. The van der Waals surface area contributed by atoms with E-state index in [1.165, 1.54) is 0 Å². The Morgan fingerprint density at radius 3 is 2.18 bits per heavy atom. The molecule has 0 saturated carbocycles. The second-order valence-corrected chi connectivity index (χ2v) is 3.31. The van der Waals surface area contributed by atoms with Gasteiger partial charge in [0.1, 0.15) is 4.90 Å². The van der Waals surface area contributed by atoms with Crippen LogP contribution >= 0.6 is 11.6 Å². The molecule has 0 spiro atoms. The van der Waals surface area contributed by atoms with E-state index < -0.39 is 15.1 Å². The van der Waals surface area contributed by atoms with E-state index in [0.29, 0.717) is 0 Å². The van der Waals surface area contributed by atoms with Crippen LogP contribution in [0.25, 0.3) is 0 Å². The summed E-state index contributed by atoms with van der Waals surface area (Å²) in [4.78, 5) is 5.97. The van der Waals surface area contributed by atoms with Gasteiger partial charge in [0.25, 0.3) is 0 Å². The Labute approximate surface area is 67.3 Å². The van der Waals surface area contributed by atoms with E-state index in [1.807, 2.05) is 0 Å². The quantitative estimate of drug-likeness (QED) is 0.492. The summed E-state index contributed by atoms with van der Waals surface area (Å²) in [5.74, 6) is 0. The lowest BCUT2D eigenvalue weighted by molar-refractivity contribution is 0.551. The van der Waals surface area contributed by atoms with Crippen LogP contribution in [0, 0.1) is 0 Å². The summed E-state index contributed by atoms with van der Waals surface area (Å²) < 4.78 is 32.4. The smallest absolute Gasteiger partial charge is 0.225 e. The van der Waals surface area contributed by atoms with Crippen LogP contribution in [0.1, 0.15) is 0 Å². The number of rotatable bonds is 1. The van der Waals surface area contributed by atoms with Gasteiger partial charge in [-0.2, -0.15) is 8.42 Å². The highest BCUT2D eigenvalue weighted by Crippen LogP contribution is 2.09. The molecule has 0 fully saturated rings. The maximum atomic E-state index is 12.1. The molecular weight excluding hydrogens is 195 g/mol. The molecule has 0 aliphatic carbocycles. The average Bonchev–Trinajstić information content (AvgIpc) is 1.86. The minimum atomic E-state index is -4.70. The molecule has 1 aromatic heterocycles. The zero-order valence-electron chi connectivity index (χ0n) is 5.03. The van der Waals surface area contributed by atoms with Crippen molar-refractivity contribution in [3.63, 3.8) is 0 Å². The predicted molar refractivity (Wildman–Crippen MR) is 35.3 cm³/mol. The first-order valence-corrected chi connectivity index (χ1v) is 4.18. The number of halogens is 2. The molecule has 0 aliphatic rings. The van der Waals surface area contributed by atoms with Gasteiger partial charge < -0.3 is 0 Å². The van der Waals surface area contributed by atoms with E-state index >= 15 is 0 Å². The fourth-order valence-corrected chi connectivity index (χ4v) is 0.881. The van der Waals surface area contributed by atoms with Crippen LogP contribution in [0.15, 0.2) is 17.3 Å². The molecule has 0 bridgehead atoms. The number of aromatic nitrogens is 2. The van der Waals surface area contributed by atoms with Crippen LogP contribution in [-0.4, -0.2) is 18.4 Å². The van der Waals surface area contributed by atoms with Gasteiger partial charge in [0.15, 0.2) is 0 Å². The Hall–Kier alpha value is -0.750. The van der Waals surface area contributed by atoms with Crippen LogP contribution in [0.2, 0.25) is 5.28 Å². The molecule has 0 atom stereocenters. The molecule has 0 radical (unpaired) electrons. The molecule has 0 amide bonds. The van der Waals surface area contributed by atoms with Crippen LogP contribution < -0.4 is 0 Å². The second-order valence-electron chi connectivity index (χ2n) is 1.63. The molecule has 11 heavy (non-hydrogen) atoms. The molecule has 0 aromatic carbocycles. The van der Waals surface area contributed by atoms with Gasteiger partial charge in [0.05, 0.1) is 12.4 Å². The first-order chi connectivity index (χ1) is 5.00. The van der Waals surface area contributed by atoms with Crippen molar-refractivity contribution in [2.45, 2.75) is 4.90 Å². The van der Waals surface area contributed by atoms with E-state index in [-0.39, 0.29) is 5.28 Å². The zero-order chi connectivity index (χ0) is 8.48. The van der Waals surface area contributed by atoms with Crippen LogP contribution in [0.3, 0.4) is 0 Å². The lowest BCUT2D eigenvalue weighted by Crippen LogP contribution is -1.94. The molecule has 0 N–H and O–H groups in total. The number of nitrogens with zero attached hydrogens (tertiary/aromatic N) is 2. The fraction of sp³-hybridized carbons (Fsp3) is 0. The van der Waals surface area contributed by atoms with Crippen molar-refractivity contribution in [3.05, 3.63) is 17.7 Å². The van der Waals surface area contributed by atoms with E-state index in [1.54, 1.807) is 0 Å². The first-order valence-electron chi connectivity index (χ1n) is 2.42. The van der Waals surface area contributed by atoms with Gasteiger partial charge in [-0.15, -0.1) is 3.89 Å². The van der Waals surface area contributed by atoms with Crippen LogP contribution in [-0.2, 0) is 10.2 Å². The number of hydrogen-bond acceptors (Lipinski definition) is 4. The van der Waals surface area contributed by atoms with E-state index in [9.17, 15) is 12.3 Å². The Morgan fingerprint density at radius 1 is 1.36 bits per heavy atom. The molecule has 1 aromatic rings. The standard InChI is InChI=1S/C4H2ClFN2O2S/c5-4-7-1-3(2-8-4)11(6,9)10/h1-2H. The Balaban J connectivity index is 3.20. The highest BCUT2D eigenvalue weighted by molar-refractivity contribution is 7.86. The van der Waals surface area contributed by atoms with Gasteiger partial charge in [-0.3, -0.25) is 0 Å². The van der Waals surface area contributed by atoms with Crippen molar-refractivity contribution in [2.24, 2.45) is 0 Å². The summed E-state index contributed by atoms with van der Waals surface area (Å²) in [7, 11) is -4.70. The maximum Gasteiger partial charge on any atom is 0.335 e. The van der Waals surface area contributed by atoms with E-state index in [0.717, 1.165) is 12.4 Å². The molecule has 0 unspecified atom stereocenters. The van der Waals surface area contributed by atoms with E-state index in [2.05, 4.69) is 9.97 Å². The molecule has 1 heterocycles. The molecule has 4 nitrogen and oxygen atoms in total. The summed E-state index contributed by atoms with van der Waals surface area (Å²) in [6.07, 6.45) is 1.59. The van der Waals surface area contributed by atoms with Crippen molar-refractivity contribution in [1.29, 1.82) is 0 Å². The highest BCUT2D eigenvalue weighted by Gasteiger charge is 2.11. The first kappa shape index (κ1) is 8.35. The summed E-state index contributed by atoms with van der Waals surface area (Å²) in [6, 6.07) is 0. The summed E-state index contributed by atoms with van der Waals surface area (Å²) in [6.45, 7) is 0. The van der Waals surface area contributed by atoms with Crippen molar-refractivity contribution < 1.29 is 12.3 Å². The Bertz CT molecular complexity index is 349. The van der Waals surface area contributed by atoms with E-state index in [4.69, 9.17) is 11.6 Å². The molecular formula is C4H2ClFN2O2S. The topological polar surface area (TPSA) is 59.9 Å². The fourth-order valence-electron chi connectivity index (χ4n) is 0.426. The van der Waals surface area contributed by atoms with Gasteiger partial charge in [0, 0.05) is 0 Å². The van der Waals surface area contributed by atoms with Crippen molar-refractivity contribution in [1.82, 2.24) is 9.97 Å². The molecule has 7 heteroatoms. The lowest BCUT2D eigenvalue weighted by Gasteiger charge is -1.91. The third kappa shape index (κ3) is 2.09. The molecule has 1 rings (SSSR count). The Morgan fingerprint density at radius 2 is 1.82 bits per heavy atom. The monoisotopic (exact) mass is 196 g/mol. The number of hydrogen-bond donors (Lipinski definition) is 0. The van der Waals surface area contributed by atoms with Gasteiger partial charge in [0.2, 0.25) is 5.28 Å². The SMILES string of the molecule is O=S(=O)(F)c1cnc(Cl)nc1. The summed E-state index contributed by atoms with van der Waals surface area (Å²) in [5, 5.41) is -0.127. The minimum Gasteiger partial charge on any atom is -0.225 e. The van der Waals surface area contributed by atoms with Gasteiger partial charge >= 0.3 is 10.2 Å². The van der Waals surface area contributed by atoms with Gasteiger partial charge in [-0.25, -0.2) is 9.97 Å². The minimum absolute atomic E-state index is 0.127. The van der Waals surface area contributed by atoms with Gasteiger partial charge in [-0.1, -0.05) is 0 Å². The Kier molecular flexibility index (Phi) is 2.05. The lowest BCUT2D eigenvalue weighted by atomic mass is 10.7. The third-order valence-corrected chi connectivity index (χ3v) is 1.85. The normalized spacial score (nSPS) is 11.5. The maximum absolute atomic E-state index is 12.1. The van der Waals surface area contributed by atoms with Gasteiger partial charge in [-0.05, 0) is 11.6 Å². The van der Waals surface area contributed by atoms with Crippen LogP contribution in [0.5, 0.6) is 0 Å². The molecule has 60 valence electrons. The average molecular weight is 197 g/mol. The van der Waals surface area contributed by atoms with Crippen molar-refractivity contribution >= 4 is 21.8 Å². The summed E-state index contributed by atoms with van der Waals surface area (Å²) >= 11 is 5.22. The third-order valence-electron chi connectivity index (χ3n) is 0.878. The van der Waals surface area contributed by atoms with Crippen molar-refractivity contribution in [2.75, 3.05) is 0 Å². The molecule has 0 aliphatic heterocycles. The summed E-state index contributed by atoms with van der Waals surface area (Å²) in [5.41, 5.74) is 0. The van der Waals surface area contributed by atoms with Crippen molar-refractivity contribution in [3.8, 4) is 0 Å². The second kappa shape index (κ2) is 2.71. The molecule has 0 saturated heterocycles. The van der Waals surface area contributed by atoms with Crippen LogP contribution in [0.4, 0.5) is 3.89 Å². The largest absolute Gasteiger partial charge is 0.335 e. The highest BCUT2D eigenvalue weighted by atomic mass is 35.5. The predicted octanol–water partition coefficient (Wildman–Crippen LogP) is 0.788.